The van der Waals surface area contributed by atoms with Crippen molar-refractivity contribution in [2.24, 2.45) is 4.99 Å². The summed E-state index contributed by atoms with van der Waals surface area (Å²) in [6, 6.07) is 11.7. The molecule has 0 atom stereocenters. The summed E-state index contributed by atoms with van der Waals surface area (Å²) < 4.78 is 21.2. The lowest BCUT2D eigenvalue weighted by Crippen LogP contribution is -2.22. The molecule has 0 unspecified atom stereocenters. The molecule has 0 saturated carbocycles. The number of aromatic nitrogens is 1. The Morgan fingerprint density at radius 1 is 1.21 bits per heavy atom. The zero-order valence-corrected chi connectivity index (χ0v) is 16.6. The predicted octanol–water partition coefficient (Wildman–Crippen LogP) is 4.10. The summed E-state index contributed by atoms with van der Waals surface area (Å²) in [7, 11) is 1.31. The predicted molar refractivity (Wildman–Crippen MR) is 107 cm³/mol. The standard InChI is InChI=1S/C21H21FN2O3S/c1-3-4-7-14-10-11-17-18(12-14)28-21(24(17)13-19(25)27-2)23-20(26)15-8-5-6-9-16(15)22/h5-6,8-12H,3-4,7,13H2,1-2H3. The number of esters is 1. The molecule has 1 heterocycles. The number of halogens is 1. The first kappa shape index (κ1) is 19.9. The number of rotatable bonds is 6. The molecule has 0 saturated heterocycles. The number of amides is 1. The molecule has 3 rings (SSSR count). The third-order valence-electron chi connectivity index (χ3n) is 4.38. The molecule has 7 heteroatoms. The molecule has 28 heavy (non-hydrogen) atoms. The van der Waals surface area contributed by atoms with E-state index >= 15 is 0 Å². The van der Waals surface area contributed by atoms with Crippen LogP contribution in [-0.2, 0) is 22.5 Å². The van der Waals surface area contributed by atoms with Crippen LogP contribution in [0.5, 0.6) is 0 Å². The van der Waals surface area contributed by atoms with Crippen LogP contribution in [0, 0.1) is 5.82 Å². The van der Waals surface area contributed by atoms with Gasteiger partial charge in [0, 0.05) is 0 Å². The molecule has 0 fully saturated rings. The number of fused-ring (bicyclic) bond motifs is 1. The SMILES string of the molecule is CCCCc1ccc2c(c1)sc(=NC(=O)c1ccccc1F)n2CC(=O)OC. The van der Waals surface area contributed by atoms with Crippen molar-refractivity contribution in [1.29, 1.82) is 0 Å². The van der Waals surface area contributed by atoms with Crippen molar-refractivity contribution in [3.05, 3.63) is 64.2 Å². The maximum Gasteiger partial charge on any atom is 0.325 e. The van der Waals surface area contributed by atoms with Crippen LogP contribution in [0.25, 0.3) is 10.2 Å². The van der Waals surface area contributed by atoms with Crippen molar-refractivity contribution in [2.75, 3.05) is 7.11 Å². The minimum absolute atomic E-state index is 0.0752. The van der Waals surface area contributed by atoms with E-state index in [1.807, 2.05) is 12.1 Å². The largest absolute Gasteiger partial charge is 0.468 e. The fourth-order valence-electron chi connectivity index (χ4n) is 2.87. The molecular weight excluding hydrogens is 379 g/mol. The van der Waals surface area contributed by atoms with E-state index in [-0.39, 0.29) is 12.1 Å². The van der Waals surface area contributed by atoms with Crippen molar-refractivity contribution in [2.45, 2.75) is 32.7 Å². The van der Waals surface area contributed by atoms with Gasteiger partial charge in [-0.1, -0.05) is 42.9 Å². The summed E-state index contributed by atoms with van der Waals surface area (Å²) in [5.74, 6) is -1.76. The van der Waals surface area contributed by atoms with E-state index in [0.29, 0.717) is 4.80 Å². The molecule has 0 aliphatic rings. The van der Waals surface area contributed by atoms with E-state index in [9.17, 15) is 14.0 Å². The average molecular weight is 400 g/mol. The van der Waals surface area contributed by atoms with Crippen molar-refractivity contribution in [3.63, 3.8) is 0 Å². The number of ether oxygens (including phenoxy) is 1. The summed E-state index contributed by atoms with van der Waals surface area (Å²) >= 11 is 1.30. The Morgan fingerprint density at radius 2 is 2.00 bits per heavy atom. The fourth-order valence-corrected chi connectivity index (χ4v) is 3.96. The van der Waals surface area contributed by atoms with Gasteiger partial charge in [0.1, 0.15) is 12.4 Å². The van der Waals surface area contributed by atoms with Crippen LogP contribution < -0.4 is 4.80 Å². The molecule has 5 nitrogen and oxygen atoms in total. The molecule has 146 valence electrons. The highest BCUT2D eigenvalue weighted by Crippen LogP contribution is 2.21. The van der Waals surface area contributed by atoms with Gasteiger partial charge in [0.15, 0.2) is 4.80 Å². The van der Waals surface area contributed by atoms with E-state index in [0.717, 1.165) is 29.5 Å². The number of carbonyl (C=O) groups is 2. The Balaban J connectivity index is 2.10. The van der Waals surface area contributed by atoms with Gasteiger partial charge in [-0.2, -0.15) is 4.99 Å². The van der Waals surface area contributed by atoms with Crippen LogP contribution in [0.1, 0.15) is 35.7 Å². The van der Waals surface area contributed by atoms with Crippen LogP contribution in [0.15, 0.2) is 47.5 Å². The third kappa shape index (κ3) is 4.36. The minimum Gasteiger partial charge on any atom is -0.468 e. The number of benzene rings is 2. The van der Waals surface area contributed by atoms with Crippen molar-refractivity contribution < 1.29 is 18.7 Å². The maximum absolute atomic E-state index is 13.9. The first-order valence-electron chi connectivity index (χ1n) is 9.06. The third-order valence-corrected chi connectivity index (χ3v) is 5.42. The normalized spacial score (nSPS) is 11.8. The first-order valence-corrected chi connectivity index (χ1v) is 9.87. The van der Waals surface area contributed by atoms with Gasteiger partial charge in [0.25, 0.3) is 5.91 Å². The Bertz CT molecular complexity index is 1080. The summed E-state index contributed by atoms with van der Waals surface area (Å²) in [4.78, 5) is 28.8. The lowest BCUT2D eigenvalue weighted by molar-refractivity contribution is -0.141. The number of methoxy groups -OCH3 is 1. The van der Waals surface area contributed by atoms with Crippen molar-refractivity contribution >= 4 is 33.4 Å². The van der Waals surface area contributed by atoms with Gasteiger partial charge in [-0.3, -0.25) is 9.59 Å². The summed E-state index contributed by atoms with van der Waals surface area (Å²) in [5.41, 5.74) is 1.87. The number of aryl methyl sites for hydroxylation is 1. The zero-order chi connectivity index (χ0) is 20.1. The number of thiazole rings is 1. The Hall–Kier alpha value is -2.80. The highest BCUT2D eigenvalue weighted by atomic mass is 32.1. The second kappa shape index (κ2) is 8.93. The Morgan fingerprint density at radius 3 is 2.71 bits per heavy atom. The molecule has 0 radical (unpaired) electrons. The van der Waals surface area contributed by atoms with Crippen molar-refractivity contribution in [1.82, 2.24) is 4.57 Å². The zero-order valence-electron chi connectivity index (χ0n) is 15.8. The van der Waals surface area contributed by atoms with Crippen LogP contribution in [0.4, 0.5) is 4.39 Å². The topological polar surface area (TPSA) is 60.7 Å². The summed E-state index contributed by atoms with van der Waals surface area (Å²) in [6.07, 6.45) is 3.15. The molecule has 0 bridgehead atoms. The Kier molecular flexibility index (Phi) is 6.36. The second-order valence-electron chi connectivity index (χ2n) is 6.35. The van der Waals surface area contributed by atoms with Crippen LogP contribution in [-0.4, -0.2) is 23.6 Å². The van der Waals surface area contributed by atoms with E-state index < -0.39 is 17.7 Å². The van der Waals surface area contributed by atoms with E-state index in [4.69, 9.17) is 4.74 Å². The van der Waals surface area contributed by atoms with Crippen LogP contribution in [0.2, 0.25) is 0 Å². The number of carbonyl (C=O) groups excluding carboxylic acids is 2. The number of nitrogens with zero attached hydrogens (tertiary/aromatic N) is 2. The molecule has 0 spiro atoms. The maximum atomic E-state index is 13.9. The number of hydrogen-bond donors (Lipinski definition) is 0. The summed E-state index contributed by atoms with van der Waals surface area (Å²) in [5, 5.41) is 0. The quantitative estimate of drug-likeness (QED) is 0.586. The smallest absolute Gasteiger partial charge is 0.325 e. The molecule has 0 N–H and O–H groups in total. The minimum atomic E-state index is -0.686. The van der Waals surface area contributed by atoms with E-state index in [1.54, 1.807) is 10.6 Å². The lowest BCUT2D eigenvalue weighted by atomic mass is 10.1. The number of hydrogen-bond acceptors (Lipinski definition) is 4. The van der Waals surface area contributed by atoms with Crippen LogP contribution in [0.3, 0.4) is 0 Å². The molecule has 2 aromatic carbocycles. The van der Waals surface area contributed by atoms with Gasteiger partial charge >= 0.3 is 5.97 Å². The fraction of sp³-hybridized carbons (Fsp3) is 0.286. The van der Waals surface area contributed by atoms with Crippen molar-refractivity contribution in [3.8, 4) is 0 Å². The summed E-state index contributed by atoms with van der Waals surface area (Å²) in [6.45, 7) is 2.06. The second-order valence-corrected chi connectivity index (χ2v) is 7.36. The molecular formula is C21H21FN2O3S. The average Bonchev–Trinajstić information content (AvgIpc) is 3.02. The first-order chi connectivity index (χ1) is 13.5. The monoisotopic (exact) mass is 400 g/mol. The molecule has 0 aliphatic carbocycles. The van der Waals surface area contributed by atoms with E-state index in [1.165, 1.54) is 42.2 Å². The highest BCUT2D eigenvalue weighted by molar-refractivity contribution is 7.16. The highest BCUT2D eigenvalue weighted by Gasteiger charge is 2.14. The number of unbranched alkanes of at least 4 members (excludes halogenated alkanes) is 1. The van der Waals surface area contributed by atoms with Gasteiger partial charge in [-0.15, -0.1) is 0 Å². The van der Waals surface area contributed by atoms with E-state index in [2.05, 4.69) is 18.0 Å². The van der Waals surface area contributed by atoms with Gasteiger partial charge in [-0.25, -0.2) is 4.39 Å². The molecule has 0 aliphatic heterocycles. The molecule has 1 aromatic heterocycles. The lowest BCUT2D eigenvalue weighted by Gasteiger charge is -2.05. The van der Waals surface area contributed by atoms with Gasteiger partial charge in [0.05, 0.1) is 22.9 Å². The molecule has 1 amide bonds. The Labute approximate surface area is 166 Å². The van der Waals surface area contributed by atoms with Gasteiger partial charge < -0.3 is 9.30 Å². The van der Waals surface area contributed by atoms with Gasteiger partial charge in [0.2, 0.25) is 0 Å². The van der Waals surface area contributed by atoms with Crippen LogP contribution >= 0.6 is 11.3 Å². The van der Waals surface area contributed by atoms with Gasteiger partial charge in [-0.05, 0) is 42.7 Å². The molecule has 3 aromatic rings.